The monoisotopic (exact) mass is 427 g/mol. The van der Waals surface area contributed by atoms with Crippen LogP contribution in [0.4, 0.5) is 5.69 Å². The molecule has 0 unspecified atom stereocenters. The van der Waals surface area contributed by atoms with Crippen molar-refractivity contribution in [2.45, 2.75) is 6.54 Å². The van der Waals surface area contributed by atoms with E-state index in [0.717, 1.165) is 41.6 Å². The van der Waals surface area contributed by atoms with Crippen molar-refractivity contribution in [2.75, 3.05) is 51.9 Å². The number of benzene rings is 2. The van der Waals surface area contributed by atoms with Crippen molar-refractivity contribution in [1.82, 2.24) is 10.2 Å². The quantitative estimate of drug-likeness (QED) is 0.486. The van der Waals surface area contributed by atoms with E-state index in [0.29, 0.717) is 31.5 Å². The van der Waals surface area contributed by atoms with Crippen molar-refractivity contribution < 1.29 is 14.2 Å². The van der Waals surface area contributed by atoms with E-state index in [2.05, 4.69) is 21.7 Å². The smallest absolute Gasteiger partial charge is 0.173 e. The minimum Gasteiger partial charge on any atom is -0.489 e. The average molecular weight is 428 g/mol. The lowest BCUT2D eigenvalue weighted by Gasteiger charge is -2.28. The molecule has 1 N–H and O–H groups in total. The molecule has 1 heterocycles. The molecule has 2 aromatic rings. The Bertz CT molecular complexity index is 873. The van der Waals surface area contributed by atoms with Crippen molar-refractivity contribution >= 4 is 23.0 Å². The molecule has 1 aliphatic heterocycles. The Morgan fingerprint density at radius 2 is 1.93 bits per heavy atom. The van der Waals surface area contributed by atoms with Crippen molar-refractivity contribution in [3.05, 3.63) is 60.7 Å². The fourth-order valence-electron chi connectivity index (χ4n) is 3.06. The van der Waals surface area contributed by atoms with Crippen LogP contribution in [0.2, 0.25) is 0 Å². The number of ether oxygens (including phenoxy) is 3. The van der Waals surface area contributed by atoms with Crippen LogP contribution in [0, 0.1) is 0 Å². The summed E-state index contributed by atoms with van der Waals surface area (Å²) < 4.78 is 17.3. The molecular formula is C23H29N3O3S. The lowest BCUT2D eigenvalue weighted by molar-refractivity contribution is 0.171. The molecular weight excluding hydrogens is 398 g/mol. The first-order valence-electron chi connectivity index (χ1n) is 10.00. The number of thiocarbonyl (C=S) groups is 1. The Morgan fingerprint density at radius 3 is 2.70 bits per heavy atom. The summed E-state index contributed by atoms with van der Waals surface area (Å²) in [6.07, 6.45) is 1.74. The van der Waals surface area contributed by atoms with Gasteiger partial charge in [-0.25, -0.2) is 0 Å². The Labute approximate surface area is 184 Å². The summed E-state index contributed by atoms with van der Waals surface area (Å²) in [6.45, 7) is 7.48. The van der Waals surface area contributed by atoms with Gasteiger partial charge in [0.05, 0.1) is 6.54 Å². The topological polar surface area (TPSA) is 46.2 Å². The predicted molar refractivity (Wildman–Crippen MR) is 125 cm³/mol. The number of rotatable bonds is 9. The van der Waals surface area contributed by atoms with Crippen LogP contribution in [0.25, 0.3) is 0 Å². The van der Waals surface area contributed by atoms with E-state index in [1.807, 2.05) is 56.6 Å². The Kier molecular flexibility index (Phi) is 7.93. The lowest BCUT2D eigenvalue weighted by Crippen LogP contribution is -2.42. The molecule has 0 aromatic heterocycles. The molecule has 0 saturated heterocycles. The zero-order valence-corrected chi connectivity index (χ0v) is 18.4. The van der Waals surface area contributed by atoms with E-state index in [1.54, 1.807) is 6.08 Å². The van der Waals surface area contributed by atoms with Crippen LogP contribution >= 0.6 is 12.2 Å². The highest BCUT2D eigenvalue weighted by Gasteiger charge is 2.19. The van der Waals surface area contributed by atoms with Crippen molar-refractivity contribution in [3.63, 3.8) is 0 Å². The largest absolute Gasteiger partial charge is 0.489 e. The summed E-state index contributed by atoms with van der Waals surface area (Å²) in [5, 5.41) is 4.01. The van der Waals surface area contributed by atoms with Gasteiger partial charge in [0, 0.05) is 30.4 Å². The molecule has 1 aliphatic rings. The van der Waals surface area contributed by atoms with Gasteiger partial charge in [0.2, 0.25) is 0 Å². The first kappa shape index (κ1) is 21.9. The highest BCUT2D eigenvalue weighted by Crippen LogP contribution is 2.35. The zero-order valence-electron chi connectivity index (χ0n) is 17.6. The fraction of sp³-hybridized carbons (Fsp3) is 0.348. The third-order valence-corrected chi connectivity index (χ3v) is 4.94. The summed E-state index contributed by atoms with van der Waals surface area (Å²) in [6, 6.07) is 13.9. The van der Waals surface area contributed by atoms with Crippen molar-refractivity contribution in [3.8, 4) is 17.2 Å². The molecule has 3 rings (SSSR count). The molecule has 0 radical (unpaired) electrons. The molecule has 0 spiro atoms. The van der Waals surface area contributed by atoms with E-state index >= 15 is 0 Å². The van der Waals surface area contributed by atoms with Crippen LogP contribution in [0.3, 0.4) is 0 Å². The van der Waals surface area contributed by atoms with E-state index in [-0.39, 0.29) is 0 Å². The molecule has 0 aliphatic carbocycles. The van der Waals surface area contributed by atoms with Gasteiger partial charge in [0.1, 0.15) is 25.6 Å². The van der Waals surface area contributed by atoms with E-state index in [1.165, 1.54) is 0 Å². The Hall–Kier alpha value is -2.77. The summed E-state index contributed by atoms with van der Waals surface area (Å²) >= 11 is 5.76. The minimum absolute atomic E-state index is 0.451. The van der Waals surface area contributed by atoms with Gasteiger partial charge in [0.25, 0.3) is 0 Å². The van der Waals surface area contributed by atoms with Gasteiger partial charge in [-0.15, -0.1) is 0 Å². The fourth-order valence-corrected chi connectivity index (χ4v) is 3.33. The Morgan fingerprint density at radius 1 is 1.17 bits per heavy atom. The summed E-state index contributed by atoms with van der Waals surface area (Å²) in [4.78, 5) is 4.17. The first-order chi connectivity index (χ1) is 14.6. The highest BCUT2D eigenvalue weighted by atomic mass is 32.1. The van der Waals surface area contributed by atoms with Gasteiger partial charge in [-0.2, -0.15) is 0 Å². The molecule has 160 valence electrons. The number of fused-ring (bicyclic) bond motifs is 1. The minimum atomic E-state index is 0.451. The molecule has 0 bridgehead atoms. The van der Waals surface area contributed by atoms with Crippen LogP contribution in [0.15, 0.2) is 55.1 Å². The normalized spacial score (nSPS) is 12.4. The first-order valence-corrected chi connectivity index (χ1v) is 10.4. The second-order valence-electron chi connectivity index (χ2n) is 7.16. The molecule has 30 heavy (non-hydrogen) atoms. The second-order valence-corrected chi connectivity index (χ2v) is 7.54. The van der Waals surface area contributed by atoms with Gasteiger partial charge in [0.15, 0.2) is 16.6 Å². The molecule has 0 amide bonds. The van der Waals surface area contributed by atoms with E-state index < -0.39 is 0 Å². The van der Waals surface area contributed by atoms with Gasteiger partial charge in [-0.3, -0.25) is 0 Å². The number of nitrogens with one attached hydrogen (secondary N) is 1. The molecule has 2 aromatic carbocycles. The molecule has 0 atom stereocenters. The number of likely N-dealkylation sites (N-methyl/N-ethyl adjacent to an activating group) is 1. The standard InChI is InChI=1S/C23H29N3O3S/c1-4-13-27-20-8-6-5-7-18(20)17-26(23(30)24-11-12-25(2)3)19-9-10-21-22(16-19)29-15-14-28-21/h4-10,16H,1,11-15,17H2,2-3H3,(H,24,30). The van der Waals surface area contributed by atoms with Gasteiger partial charge < -0.3 is 29.3 Å². The number of anilines is 1. The lowest BCUT2D eigenvalue weighted by atomic mass is 10.1. The van der Waals surface area contributed by atoms with Gasteiger partial charge >= 0.3 is 0 Å². The average Bonchev–Trinajstić information content (AvgIpc) is 2.76. The third kappa shape index (κ3) is 5.87. The number of hydrogen-bond acceptors (Lipinski definition) is 5. The molecule has 7 heteroatoms. The second kappa shape index (κ2) is 10.8. The van der Waals surface area contributed by atoms with Gasteiger partial charge in [-0.1, -0.05) is 30.9 Å². The summed E-state index contributed by atoms with van der Waals surface area (Å²) in [5.41, 5.74) is 1.96. The van der Waals surface area contributed by atoms with Crippen LogP contribution in [0.5, 0.6) is 17.2 Å². The molecule has 0 fully saturated rings. The Balaban J connectivity index is 1.86. The van der Waals surface area contributed by atoms with E-state index in [4.69, 9.17) is 26.4 Å². The highest BCUT2D eigenvalue weighted by molar-refractivity contribution is 7.80. The van der Waals surface area contributed by atoms with Gasteiger partial charge in [-0.05, 0) is 44.5 Å². The van der Waals surface area contributed by atoms with E-state index in [9.17, 15) is 0 Å². The van der Waals surface area contributed by atoms with Crippen LogP contribution in [0.1, 0.15) is 5.56 Å². The maximum atomic E-state index is 5.85. The SMILES string of the molecule is C=CCOc1ccccc1CN(C(=S)NCCN(C)C)c1ccc2c(c1)OCCO2. The number of nitrogens with zero attached hydrogens (tertiary/aromatic N) is 2. The molecule has 6 nitrogen and oxygen atoms in total. The van der Waals surface area contributed by atoms with Crippen LogP contribution in [-0.4, -0.2) is 57.0 Å². The number of hydrogen-bond donors (Lipinski definition) is 1. The molecule has 0 saturated carbocycles. The third-order valence-electron chi connectivity index (χ3n) is 4.58. The summed E-state index contributed by atoms with van der Waals surface area (Å²) in [7, 11) is 4.08. The van der Waals surface area contributed by atoms with Crippen molar-refractivity contribution in [2.24, 2.45) is 0 Å². The van der Waals surface area contributed by atoms with Crippen molar-refractivity contribution in [1.29, 1.82) is 0 Å². The van der Waals surface area contributed by atoms with Crippen LogP contribution < -0.4 is 24.4 Å². The van der Waals surface area contributed by atoms with Crippen LogP contribution in [-0.2, 0) is 6.54 Å². The predicted octanol–water partition coefficient (Wildman–Crippen LogP) is 3.47. The maximum Gasteiger partial charge on any atom is 0.173 e. The maximum absolute atomic E-state index is 5.85. The summed E-state index contributed by atoms with van der Waals surface area (Å²) in [5.74, 6) is 2.30. The zero-order chi connectivity index (χ0) is 21.3. The number of para-hydroxylation sites is 1.